The van der Waals surface area contributed by atoms with Crippen molar-refractivity contribution in [1.29, 1.82) is 0 Å². The number of pyridine rings is 1. The maximum Gasteiger partial charge on any atom is 0.303 e. The van der Waals surface area contributed by atoms with E-state index < -0.39 is 227 Å². The number of carboxylic acid groups (broad SMARTS) is 1. The summed E-state index contributed by atoms with van der Waals surface area (Å²) in [6.45, 7) is 10.7. The monoisotopic (exact) mass is 1950 g/mol. The van der Waals surface area contributed by atoms with Crippen molar-refractivity contribution >= 4 is 161 Å². The molecule has 5 aromatic carbocycles. The number of fused-ring (bicyclic) bond motifs is 3. The molecule has 2 aliphatic rings. The number of carbonyl (C=O) groups is 18. The van der Waals surface area contributed by atoms with Crippen molar-refractivity contribution < 1.29 is 106 Å². The summed E-state index contributed by atoms with van der Waals surface area (Å²) in [5.74, 6) is -18.6. The molecule has 0 spiro atoms. The van der Waals surface area contributed by atoms with Crippen LogP contribution < -0.4 is 96.8 Å². The second kappa shape index (κ2) is 49.8. The van der Waals surface area contributed by atoms with Crippen LogP contribution in [0.5, 0.6) is 5.75 Å². The fraction of sp³-hybridized carbons (Fsp3) is 0.457. The van der Waals surface area contributed by atoms with Crippen molar-refractivity contribution in [3.8, 4) is 5.75 Å². The Hall–Kier alpha value is -13.8. The molecule has 2 aliphatic heterocycles. The number of para-hydroxylation sites is 2. The molecule has 138 heavy (non-hydrogen) atoms. The fourth-order valence-corrected chi connectivity index (χ4v) is 18.7. The number of likely N-dealkylation sites (N-methyl/N-ethyl adjacent to an activating group) is 1. The Balaban J connectivity index is 1.11. The topological polar surface area (TPSA) is 659 Å². The predicted molar refractivity (Wildman–Crippen MR) is 511 cm³/mol. The maximum atomic E-state index is 16.4. The lowest BCUT2D eigenvalue weighted by atomic mass is 9.87. The molecule has 24 N–H and O–H groups in total. The van der Waals surface area contributed by atoms with Gasteiger partial charge < -0.3 is 122 Å². The van der Waals surface area contributed by atoms with E-state index in [4.69, 9.17) is 32.4 Å². The van der Waals surface area contributed by atoms with Crippen molar-refractivity contribution in [2.24, 2.45) is 22.9 Å². The molecule has 42 nitrogen and oxygen atoms in total. The number of nitrogens with two attached hydrogens (primary N) is 4. The first-order chi connectivity index (χ1) is 65.3. The number of amides is 17. The normalized spacial score (nSPS) is 19.3. The number of ether oxygens (including phenoxy) is 2. The number of nitrogens with one attached hydrogen (secondary N) is 14. The van der Waals surface area contributed by atoms with Crippen LogP contribution in [0.15, 0.2) is 128 Å². The summed E-state index contributed by atoms with van der Waals surface area (Å²) < 4.78 is 8.28. The highest BCUT2D eigenvalue weighted by Crippen LogP contribution is 2.47. The van der Waals surface area contributed by atoms with E-state index in [2.05, 4.69) is 79.1 Å². The van der Waals surface area contributed by atoms with Gasteiger partial charge in [-0.2, -0.15) is 0 Å². The minimum Gasteiger partial charge on any atom is -0.492 e. The Kier molecular flexibility index (Phi) is 38.9. The summed E-state index contributed by atoms with van der Waals surface area (Å²) >= 11 is 0. The summed E-state index contributed by atoms with van der Waals surface area (Å²) in [6, 6.07) is 13.0. The van der Waals surface area contributed by atoms with Gasteiger partial charge in [0.1, 0.15) is 84.4 Å². The number of rotatable bonds is 40. The minimum atomic E-state index is -2.11. The van der Waals surface area contributed by atoms with Gasteiger partial charge in [0.2, 0.25) is 100 Å². The number of aromatic nitrogens is 2. The molecule has 742 valence electrons. The molecule has 2 saturated heterocycles. The van der Waals surface area contributed by atoms with Crippen molar-refractivity contribution in [2.45, 2.75) is 226 Å². The second-order valence-corrected chi connectivity index (χ2v) is 38.8. The Bertz CT molecular complexity index is 5660. The third-order valence-corrected chi connectivity index (χ3v) is 27.5. The Morgan fingerprint density at radius 2 is 1.20 bits per heavy atom. The minimum absolute atomic E-state index is 0.0889. The highest BCUT2D eigenvalue weighted by atomic mass is 33.1. The van der Waals surface area contributed by atoms with Gasteiger partial charge >= 0.3 is 5.97 Å². The quantitative estimate of drug-likeness (QED) is 0.0162. The average Bonchev–Trinajstić information content (AvgIpc) is 1.23. The van der Waals surface area contributed by atoms with Gasteiger partial charge in [0.25, 0.3) is 0 Å². The number of hydrogen-bond acceptors (Lipinski definition) is 25. The van der Waals surface area contributed by atoms with Gasteiger partial charge in [-0.15, -0.1) is 0 Å². The van der Waals surface area contributed by atoms with Gasteiger partial charge in [-0.25, -0.2) is 0 Å². The summed E-state index contributed by atoms with van der Waals surface area (Å²) in [5.41, 5.74) is 24.2. The third-order valence-electron chi connectivity index (χ3n) is 23.3. The predicted octanol–water partition coefficient (Wildman–Crippen LogP) is -0.997. The Morgan fingerprint density at radius 3 is 1.86 bits per heavy atom. The van der Waals surface area contributed by atoms with Gasteiger partial charge in [-0.05, 0) is 130 Å². The number of aliphatic hydroxyl groups excluding tert-OH is 1. The molecule has 0 radical (unpaired) electrons. The third kappa shape index (κ3) is 31.1. The highest BCUT2D eigenvalue weighted by Gasteiger charge is 2.49. The van der Waals surface area contributed by atoms with Gasteiger partial charge in [0.05, 0.1) is 31.0 Å². The molecule has 0 unspecified atom stereocenters. The lowest BCUT2D eigenvalue weighted by Crippen LogP contribution is -2.67. The number of aryl methyl sites for hydroxylation is 1. The number of nitrogens with zero attached hydrogens (tertiary/aromatic N) is 2. The van der Waals surface area contributed by atoms with E-state index in [0.29, 0.717) is 55.2 Å². The SMILES string of the molecule is CC(=O)NCCCC[C@@H]1NC(=O)[C@H](Cc2c[nH]c3c(C)cccc23)NC(=O)[C@H]([C@@H](C)O)NC(=O)[C@H](CC(N)=O)NC(=O)[C@@H](NC(C)=O)C(C)(C)SSC(C)(C)[C@@H](C(=O)N[C@@H](Cc2ccc(OCCN)cc2)C(=O)N[C@@H](Cc2ccc3ccccc3c2)C(=O)NC2(C(=O)N[C@@H](CCC(=O)O)C(=O)N[C@@H](CC(N)=O)C(=O)N[C@@H](Cc3cnc4ccccc4c3)C(=O)N(C)CC(N)=O)CCOCC2)NC1=O. The first kappa shape index (κ1) is 108. The number of unbranched alkanes of at least 4 members (excludes halogenated alkanes) is 1. The number of aromatic amines is 1. The van der Waals surface area contributed by atoms with E-state index in [1.807, 2.05) is 19.1 Å². The number of aliphatic carboxylic acids is 1. The zero-order valence-corrected chi connectivity index (χ0v) is 79.7. The number of hydrogen-bond donors (Lipinski definition) is 20. The zero-order valence-electron chi connectivity index (χ0n) is 78.1. The molecule has 7 aromatic rings. The molecule has 4 heterocycles. The Labute approximate surface area is 803 Å². The lowest BCUT2D eigenvalue weighted by molar-refractivity contribution is -0.142. The van der Waals surface area contributed by atoms with E-state index in [0.717, 1.165) is 51.3 Å². The lowest BCUT2D eigenvalue weighted by Gasteiger charge is -2.39. The van der Waals surface area contributed by atoms with Crippen LogP contribution in [0.2, 0.25) is 0 Å². The first-order valence-electron chi connectivity index (χ1n) is 44.9. The molecule has 9 rings (SSSR count). The van der Waals surface area contributed by atoms with Crippen LogP contribution in [-0.2, 0) is 117 Å². The maximum absolute atomic E-state index is 16.4. The van der Waals surface area contributed by atoms with Crippen molar-refractivity contribution in [2.75, 3.05) is 46.5 Å². The largest absolute Gasteiger partial charge is 0.492 e. The van der Waals surface area contributed by atoms with E-state index in [1.165, 1.54) is 47.9 Å². The number of primary amides is 3. The molecule has 2 fully saturated rings. The molecule has 2 aromatic heterocycles. The smallest absolute Gasteiger partial charge is 0.303 e. The molecule has 0 aliphatic carbocycles. The van der Waals surface area contributed by atoms with E-state index in [-0.39, 0.29) is 90.2 Å². The van der Waals surface area contributed by atoms with Crippen molar-refractivity contribution in [3.63, 3.8) is 0 Å². The fourth-order valence-electron chi connectivity index (χ4n) is 15.9. The van der Waals surface area contributed by atoms with Crippen molar-refractivity contribution in [1.82, 2.24) is 84.0 Å². The van der Waals surface area contributed by atoms with Crippen LogP contribution in [-0.4, -0.2) is 266 Å². The average molecular weight is 1950 g/mol. The van der Waals surface area contributed by atoms with E-state index >= 15 is 28.8 Å². The second-order valence-electron chi connectivity index (χ2n) is 35.4. The number of H-pyrrole nitrogens is 1. The number of benzene rings is 5. The van der Waals surface area contributed by atoms with Crippen molar-refractivity contribution in [3.05, 3.63) is 155 Å². The number of carboxylic acids is 1. The molecule has 0 bridgehead atoms. The van der Waals surface area contributed by atoms with Gasteiger partial charge in [-0.3, -0.25) is 91.3 Å². The van der Waals surface area contributed by atoms with Crippen LogP contribution in [0.3, 0.4) is 0 Å². The van der Waals surface area contributed by atoms with Crippen LogP contribution in [0.1, 0.15) is 134 Å². The highest BCUT2D eigenvalue weighted by molar-refractivity contribution is 8.77. The molecular formula is C94H122N20O22S2. The zero-order chi connectivity index (χ0) is 101. The summed E-state index contributed by atoms with van der Waals surface area (Å²) in [4.78, 5) is 268. The standard InChI is InChI=1S/C94H122N20O22S2/c1-50-17-16-21-62-60(48-101-76(50)62)44-68-83(126)103-64(23-14-15-35-99-52(3)116)81(124)112-79(93(7,8)138-137-92(5,6)78(102-53(4)117)88(131)108-70(46-73(97)119)85(128)111-77(51(2)115)87(130)106-68)89(132)107-66(41-54-25-28-61(29-26-54)136-38-34-95)82(125)104-67(42-55-24-27-57-18-10-11-19-58(57)39-55)86(129)113-94(32-36-135-37-33-94)91(134)110-65(30-31-75(121)122)80(123)105-69(45-72(96)118)84(127)109-71(90(133)114(9)49-74(98)120)43-56-40-59-20-12-13-22-63(59)100-47-56/h10-13,16-22,24-29,39-40,47-48,51,64-71,77-79,101,115H,14-15,23,30-38,41-46,49,95H2,1-9H3,(H2,96,118)(H2,97,119)(H2,98,120)(H,99,116)(H,102,117)(H,103,126)(H,104,125)(H,105,123)(H,106,130)(H,107,132)(H,108,131)(H,109,127)(H,110,134)(H,111,128)(H,112,124)(H,113,129)(H,121,122)/t51-,64+,65+,66+,67+,68+,69+,70+,71+,77+,78-,79-/m1/s1. The summed E-state index contributed by atoms with van der Waals surface area (Å²) in [6.07, 6.45) is -4.08. The molecule has 44 heteroatoms. The summed E-state index contributed by atoms with van der Waals surface area (Å²) in [7, 11) is 3.02. The van der Waals surface area contributed by atoms with Gasteiger partial charge in [-0.1, -0.05) is 113 Å². The molecule has 0 saturated carbocycles. The van der Waals surface area contributed by atoms with Crippen LogP contribution in [0.4, 0.5) is 0 Å². The van der Waals surface area contributed by atoms with Crippen LogP contribution >= 0.6 is 21.6 Å². The van der Waals surface area contributed by atoms with E-state index in [9.17, 15) is 67.7 Å². The molecular weight excluding hydrogens is 1830 g/mol. The van der Waals surface area contributed by atoms with E-state index in [1.54, 1.807) is 109 Å². The summed E-state index contributed by atoms with van der Waals surface area (Å²) in [5, 5.41) is 58.6. The number of carbonyl (C=O) groups excluding carboxylic acids is 17. The van der Waals surface area contributed by atoms with Crippen LogP contribution in [0, 0.1) is 6.92 Å². The molecule has 12 atom stereocenters. The van der Waals surface area contributed by atoms with Crippen LogP contribution in [0.25, 0.3) is 32.6 Å². The molecule has 17 amide bonds. The van der Waals surface area contributed by atoms with Gasteiger partial charge in [0.15, 0.2) is 0 Å². The van der Waals surface area contributed by atoms with Gasteiger partial charge in [0, 0.05) is 130 Å². The number of aliphatic hydroxyl groups is 1. The first-order valence-corrected chi connectivity index (χ1v) is 47.1. The Morgan fingerprint density at radius 1 is 0.609 bits per heavy atom.